The first kappa shape index (κ1) is 15.8. The quantitative estimate of drug-likeness (QED) is 0.753. The first-order chi connectivity index (χ1) is 9.23. The van der Waals surface area contributed by atoms with E-state index in [4.69, 9.17) is 14.4 Å². The lowest BCUT2D eigenvalue weighted by molar-refractivity contribution is -0.142. The lowest BCUT2D eigenvalue weighted by atomic mass is 9.79. The summed E-state index contributed by atoms with van der Waals surface area (Å²) >= 11 is 0. The number of hydrogen-bond donors (Lipinski definition) is 2. The van der Waals surface area contributed by atoms with E-state index in [1.807, 2.05) is 27.7 Å². The van der Waals surface area contributed by atoms with E-state index >= 15 is 0 Å². The first-order valence-electron chi connectivity index (χ1n) is 7.52. The summed E-state index contributed by atoms with van der Waals surface area (Å²) in [7, 11) is -0.169. The van der Waals surface area contributed by atoms with Crippen LogP contribution in [0.2, 0.25) is 6.32 Å². The largest absolute Gasteiger partial charge is 0.481 e. The molecule has 0 spiro atoms. The van der Waals surface area contributed by atoms with Crippen LogP contribution >= 0.6 is 0 Å². The summed E-state index contributed by atoms with van der Waals surface area (Å²) in [5.41, 5.74) is -0.563. The number of hydrogen-bond acceptors (Lipinski definition) is 4. The van der Waals surface area contributed by atoms with E-state index in [1.165, 1.54) is 0 Å². The molecule has 6 heteroatoms. The highest BCUT2D eigenvalue weighted by Gasteiger charge is 2.50. The predicted octanol–water partition coefficient (Wildman–Crippen LogP) is 1.78. The molecule has 0 bridgehead atoms. The molecule has 0 aromatic heterocycles. The third-order valence-electron chi connectivity index (χ3n) is 4.97. The van der Waals surface area contributed by atoms with Crippen molar-refractivity contribution in [2.24, 2.45) is 11.8 Å². The minimum absolute atomic E-state index is 0.169. The predicted molar refractivity (Wildman–Crippen MR) is 77.6 cm³/mol. The average molecular weight is 283 g/mol. The molecule has 0 aromatic rings. The van der Waals surface area contributed by atoms with Gasteiger partial charge in [0.1, 0.15) is 0 Å². The lowest BCUT2D eigenvalue weighted by Crippen LogP contribution is -2.41. The summed E-state index contributed by atoms with van der Waals surface area (Å²) < 4.78 is 11.9. The van der Waals surface area contributed by atoms with Gasteiger partial charge in [-0.15, -0.1) is 0 Å². The van der Waals surface area contributed by atoms with E-state index in [-0.39, 0.29) is 30.2 Å². The third-order valence-corrected chi connectivity index (χ3v) is 4.97. The van der Waals surface area contributed by atoms with Gasteiger partial charge in [-0.3, -0.25) is 4.79 Å². The summed E-state index contributed by atoms with van der Waals surface area (Å²) in [6.07, 6.45) is 2.68. The van der Waals surface area contributed by atoms with Gasteiger partial charge < -0.3 is 19.7 Å². The van der Waals surface area contributed by atoms with Crippen molar-refractivity contribution in [2.75, 3.05) is 13.1 Å². The van der Waals surface area contributed by atoms with Gasteiger partial charge >= 0.3 is 13.1 Å². The molecule has 114 valence electrons. The highest BCUT2D eigenvalue weighted by Crippen LogP contribution is 2.38. The Balaban J connectivity index is 1.76. The van der Waals surface area contributed by atoms with Gasteiger partial charge in [0, 0.05) is 6.54 Å². The molecule has 0 aliphatic carbocycles. The van der Waals surface area contributed by atoms with Gasteiger partial charge in [0.05, 0.1) is 17.1 Å². The van der Waals surface area contributed by atoms with Crippen LogP contribution < -0.4 is 5.32 Å². The SMILES string of the molecule is CC1(C)OB(CCCC2CNCC2C(=O)O)OC1(C)C. The van der Waals surface area contributed by atoms with Crippen LogP contribution in [0.25, 0.3) is 0 Å². The summed E-state index contributed by atoms with van der Waals surface area (Å²) in [4.78, 5) is 11.1. The molecule has 0 amide bonds. The number of nitrogens with one attached hydrogen (secondary N) is 1. The van der Waals surface area contributed by atoms with E-state index in [0.29, 0.717) is 6.54 Å². The Hall–Kier alpha value is -0.585. The van der Waals surface area contributed by atoms with Gasteiger partial charge in [0.25, 0.3) is 0 Å². The standard InChI is InChI=1S/C14H26BNO4/c1-13(2)14(3,4)20-15(19-13)7-5-6-10-8-16-9-11(10)12(17)18/h10-11,16H,5-9H2,1-4H3,(H,17,18). The number of carbonyl (C=O) groups is 1. The fourth-order valence-corrected chi connectivity index (χ4v) is 2.96. The van der Waals surface area contributed by atoms with Crippen LogP contribution in [0.4, 0.5) is 0 Å². The molecule has 2 unspecified atom stereocenters. The minimum Gasteiger partial charge on any atom is -0.481 e. The van der Waals surface area contributed by atoms with Crippen LogP contribution in [0.5, 0.6) is 0 Å². The summed E-state index contributed by atoms with van der Waals surface area (Å²) in [5, 5.41) is 12.3. The van der Waals surface area contributed by atoms with Crippen LogP contribution in [0.3, 0.4) is 0 Å². The second kappa shape index (κ2) is 5.66. The van der Waals surface area contributed by atoms with Crippen molar-refractivity contribution in [1.29, 1.82) is 0 Å². The number of carboxylic acids is 1. The van der Waals surface area contributed by atoms with Crippen molar-refractivity contribution >= 4 is 13.1 Å². The van der Waals surface area contributed by atoms with E-state index in [2.05, 4.69) is 5.32 Å². The molecular formula is C14H26BNO4. The normalized spacial score (nSPS) is 31.7. The molecule has 2 aliphatic heterocycles. The van der Waals surface area contributed by atoms with Gasteiger partial charge in [-0.05, 0) is 52.9 Å². The summed E-state index contributed by atoms with van der Waals surface area (Å²) in [5.74, 6) is -0.696. The van der Waals surface area contributed by atoms with Gasteiger partial charge in [-0.2, -0.15) is 0 Å². The van der Waals surface area contributed by atoms with Crippen molar-refractivity contribution in [3.8, 4) is 0 Å². The Morgan fingerprint density at radius 3 is 2.40 bits per heavy atom. The highest BCUT2D eigenvalue weighted by atomic mass is 16.7. The van der Waals surface area contributed by atoms with E-state index < -0.39 is 5.97 Å². The molecule has 2 fully saturated rings. The van der Waals surface area contributed by atoms with Gasteiger partial charge in [-0.1, -0.05) is 6.42 Å². The molecule has 2 aliphatic rings. The van der Waals surface area contributed by atoms with Crippen molar-refractivity contribution in [3.05, 3.63) is 0 Å². The molecule has 5 nitrogen and oxygen atoms in total. The maximum absolute atomic E-state index is 11.1. The summed E-state index contributed by atoms with van der Waals surface area (Å²) in [6.45, 7) is 9.60. The van der Waals surface area contributed by atoms with E-state index in [0.717, 1.165) is 25.7 Å². The zero-order valence-corrected chi connectivity index (χ0v) is 12.9. The third kappa shape index (κ3) is 3.18. The van der Waals surface area contributed by atoms with Crippen LogP contribution in [0, 0.1) is 11.8 Å². The molecule has 20 heavy (non-hydrogen) atoms. The van der Waals surface area contributed by atoms with Crippen molar-refractivity contribution in [2.45, 2.75) is 58.1 Å². The fraction of sp³-hybridized carbons (Fsp3) is 0.929. The molecular weight excluding hydrogens is 257 g/mol. The smallest absolute Gasteiger partial charge is 0.457 e. The molecule has 0 aromatic carbocycles. The molecule has 2 heterocycles. The number of carboxylic acid groups (broad SMARTS) is 1. The van der Waals surface area contributed by atoms with Gasteiger partial charge in [-0.25, -0.2) is 0 Å². The Kier molecular flexibility index (Phi) is 4.47. The van der Waals surface area contributed by atoms with Crippen LogP contribution in [0.1, 0.15) is 40.5 Å². The number of rotatable bonds is 5. The van der Waals surface area contributed by atoms with Crippen LogP contribution in [-0.4, -0.2) is 42.5 Å². The van der Waals surface area contributed by atoms with Crippen molar-refractivity contribution < 1.29 is 19.2 Å². The Labute approximate surface area is 121 Å². The van der Waals surface area contributed by atoms with E-state index in [1.54, 1.807) is 0 Å². The maximum Gasteiger partial charge on any atom is 0.457 e. The molecule has 2 rings (SSSR count). The first-order valence-corrected chi connectivity index (χ1v) is 7.52. The highest BCUT2D eigenvalue weighted by molar-refractivity contribution is 6.45. The molecule has 2 atom stereocenters. The zero-order valence-electron chi connectivity index (χ0n) is 12.9. The molecule has 0 saturated carbocycles. The second-order valence-corrected chi connectivity index (χ2v) is 6.98. The van der Waals surface area contributed by atoms with Crippen molar-refractivity contribution in [3.63, 3.8) is 0 Å². The zero-order chi connectivity index (χ0) is 15.0. The Morgan fingerprint density at radius 2 is 1.85 bits per heavy atom. The Bertz CT molecular complexity index is 356. The maximum atomic E-state index is 11.1. The fourth-order valence-electron chi connectivity index (χ4n) is 2.96. The number of aliphatic carboxylic acids is 1. The monoisotopic (exact) mass is 283 g/mol. The van der Waals surface area contributed by atoms with Crippen molar-refractivity contribution in [1.82, 2.24) is 5.32 Å². The average Bonchev–Trinajstić information content (AvgIpc) is 2.82. The minimum atomic E-state index is -0.685. The molecule has 2 N–H and O–H groups in total. The van der Waals surface area contributed by atoms with Crippen LogP contribution in [0.15, 0.2) is 0 Å². The Morgan fingerprint density at radius 1 is 1.25 bits per heavy atom. The molecule has 0 radical (unpaired) electrons. The second-order valence-electron chi connectivity index (χ2n) is 6.98. The van der Waals surface area contributed by atoms with Gasteiger partial charge in [0.15, 0.2) is 0 Å². The topological polar surface area (TPSA) is 67.8 Å². The summed E-state index contributed by atoms with van der Waals surface area (Å²) in [6, 6.07) is 0. The lowest BCUT2D eigenvalue weighted by Gasteiger charge is -2.32. The van der Waals surface area contributed by atoms with Crippen LogP contribution in [-0.2, 0) is 14.1 Å². The van der Waals surface area contributed by atoms with E-state index in [9.17, 15) is 4.79 Å². The molecule has 2 saturated heterocycles. The van der Waals surface area contributed by atoms with Gasteiger partial charge in [0.2, 0.25) is 0 Å².